The summed E-state index contributed by atoms with van der Waals surface area (Å²) in [5.41, 5.74) is -0.152. The van der Waals surface area contributed by atoms with Crippen molar-refractivity contribution in [2.45, 2.75) is 13.8 Å². The molecule has 0 fully saturated rings. The van der Waals surface area contributed by atoms with Gasteiger partial charge in [-0.2, -0.15) is 5.26 Å². The fraction of sp³-hybridized carbons (Fsp3) is 0.417. The summed E-state index contributed by atoms with van der Waals surface area (Å²) in [6.07, 6.45) is 0. The molecule has 0 aliphatic rings. The standard InChI is InChI=1S/C12H15ClN4O/c1-12(2,11(18)15-3)7-16-10-5-8(6-14)4-9(13)17-10/h4-5H,7H2,1-3H3,(H,15,18)(H,16,17). The van der Waals surface area contributed by atoms with Crippen molar-refractivity contribution in [1.29, 1.82) is 5.26 Å². The highest BCUT2D eigenvalue weighted by Gasteiger charge is 2.26. The number of hydrogen-bond acceptors (Lipinski definition) is 4. The predicted octanol–water partition coefficient (Wildman–Crippen LogP) is 1.79. The topological polar surface area (TPSA) is 77.8 Å². The van der Waals surface area contributed by atoms with Crippen LogP contribution in [0.15, 0.2) is 12.1 Å². The number of carbonyl (C=O) groups excluding carboxylic acids is 1. The summed E-state index contributed by atoms with van der Waals surface area (Å²) < 4.78 is 0. The number of halogens is 1. The average Bonchev–Trinajstić information content (AvgIpc) is 2.34. The van der Waals surface area contributed by atoms with Crippen molar-refractivity contribution < 1.29 is 4.79 Å². The summed E-state index contributed by atoms with van der Waals surface area (Å²) in [5, 5.41) is 14.7. The molecule has 0 aliphatic carbocycles. The number of hydrogen-bond donors (Lipinski definition) is 2. The molecule has 18 heavy (non-hydrogen) atoms. The van der Waals surface area contributed by atoms with E-state index in [9.17, 15) is 4.79 Å². The second kappa shape index (κ2) is 5.69. The Morgan fingerprint density at radius 1 is 1.56 bits per heavy atom. The monoisotopic (exact) mass is 266 g/mol. The molecule has 0 unspecified atom stereocenters. The molecule has 0 bridgehead atoms. The third-order valence-electron chi connectivity index (χ3n) is 2.48. The molecule has 1 heterocycles. The van der Waals surface area contributed by atoms with Crippen LogP contribution in [-0.2, 0) is 4.79 Å². The van der Waals surface area contributed by atoms with Gasteiger partial charge in [-0.1, -0.05) is 11.6 Å². The Hall–Kier alpha value is -1.80. The van der Waals surface area contributed by atoms with E-state index in [-0.39, 0.29) is 11.1 Å². The summed E-state index contributed by atoms with van der Waals surface area (Å²) in [6, 6.07) is 5.07. The van der Waals surface area contributed by atoms with Crippen LogP contribution in [0.1, 0.15) is 19.4 Å². The number of nitriles is 1. The van der Waals surface area contributed by atoms with Gasteiger partial charge in [-0.15, -0.1) is 0 Å². The van der Waals surface area contributed by atoms with E-state index in [0.29, 0.717) is 17.9 Å². The highest BCUT2D eigenvalue weighted by Crippen LogP contribution is 2.18. The molecule has 5 nitrogen and oxygen atoms in total. The van der Waals surface area contributed by atoms with Crippen LogP contribution in [0.4, 0.5) is 5.82 Å². The highest BCUT2D eigenvalue weighted by molar-refractivity contribution is 6.29. The maximum absolute atomic E-state index is 11.6. The SMILES string of the molecule is CNC(=O)C(C)(C)CNc1cc(C#N)cc(Cl)n1. The Morgan fingerprint density at radius 2 is 2.22 bits per heavy atom. The molecule has 1 rings (SSSR count). The molecule has 1 amide bonds. The molecule has 0 radical (unpaired) electrons. The lowest BCUT2D eigenvalue weighted by Gasteiger charge is -2.23. The molecule has 0 saturated heterocycles. The molecule has 0 aromatic carbocycles. The lowest BCUT2D eigenvalue weighted by Crippen LogP contribution is -2.39. The molecular weight excluding hydrogens is 252 g/mol. The minimum Gasteiger partial charge on any atom is -0.369 e. The van der Waals surface area contributed by atoms with E-state index < -0.39 is 5.41 Å². The Labute approximate surface area is 111 Å². The number of nitrogens with one attached hydrogen (secondary N) is 2. The Balaban J connectivity index is 2.78. The van der Waals surface area contributed by atoms with Crippen LogP contribution in [-0.4, -0.2) is 24.5 Å². The molecule has 0 spiro atoms. The molecule has 0 aliphatic heterocycles. The largest absolute Gasteiger partial charge is 0.369 e. The third kappa shape index (κ3) is 3.60. The van der Waals surface area contributed by atoms with Crippen molar-refractivity contribution in [1.82, 2.24) is 10.3 Å². The summed E-state index contributed by atoms with van der Waals surface area (Å²) in [7, 11) is 1.59. The second-order valence-corrected chi connectivity index (χ2v) is 4.88. The molecule has 1 aromatic heterocycles. The summed E-state index contributed by atoms with van der Waals surface area (Å²) in [4.78, 5) is 15.6. The van der Waals surface area contributed by atoms with E-state index in [2.05, 4.69) is 15.6 Å². The molecule has 1 aromatic rings. The van der Waals surface area contributed by atoms with Crippen molar-refractivity contribution in [3.05, 3.63) is 22.8 Å². The van der Waals surface area contributed by atoms with Crippen LogP contribution < -0.4 is 10.6 Å². The van der Waals surface area contributed by atoms with Crippen LogP contribution in [0.5, 0.6) is 0 Å². The third-order valence-corrected chi connectivity index (χ3v) is 2.67. The first-order chi connectivity index (χ1) is 8.39. The maximum Gasteiger partial charge on any atom is 0.227 e. The number of aromatic nitrogens is 1. The molecule has 6 heteroatoms. The van der Waals surface area contributed by atoms with Gasteiger partial charge in [0.1, 0.15) is 11.0 Å². The summed E-state index contributed by atoms with van der Waals surface area (Å²) in [5.74, 6) is 0.411. The van der Waals surface area contributed by atoms with Crippen molar-refractivity contribution in [2.24, 2.45) is 5.41 Å². The Morgan fingerprint density at radius 3 is 2.78 bits per heavy atom. The number of amides is 1. The number of carbonyl (C=O) groups is 1. The minimum absolute atomic E-state index is 0.0717. The first-order valence-electron chi connectivity index (χ1n) is 5.43. The molecule has 0 atom stereocenters. The Bertz CT molecular complexity index is 493. The van der Waals surface area contributed by atoms with Gasteiger partial charge in [-0.05, 0) is 26.0 Å². The molecule has 2 N–H and O–H groups in total. The quantitative estimate of drug-likeness (QED) is 0.815. The van der Waals surface area contributed by atoms with Crippen LogP contribution in [0.2, 0.25) is 5.15 Å². The van der Waals surface area contributed by atoms with Gasteiger partial charge in [0.25, 0.3) is 0 Å². The number of nitrogens with zero attached hydrogens (tertiary/aromatic N) is 2. The number of anilines is 1. The lowest BCUT2D eigenvalue weighted by molar-refractivity contribution is -0.128. The van der Waals surface area contributed by atoms with Crippen LogP contribution >= 0.6 is 11.6 Å². The lowest BCUT2D eigenvalue weighted by atomic mass is 9.92. The molecular formula is C12H15ClN4O. The zero-order valence-corrected chi connectivity index (χ0v) is 11.3. The number of rotatable bonds is 4. The van der Waals surface area contributed by atoms with Crippen LogP contribution in [0.3, 0.4) is 0 Å². The van der Waals surface area contributed by atoms with Gasteiger partial charge < -0.3 is 10.6 Å². The van der Waals surface area contributed by atoms with Crippen LogP contribution in [0.25, 0.3) is 0 Å². The normalized spacial score (nSPS) is 10.6. The smallest absolute Gasteiger partial charge is 0.227 e. The molecule has 0 saturated carbocycles. The predicted molar refractivity (Wildman–Crippen MR) is 70.3 cm³/mol. The number of pyridine rings is 1. The van der Waals surface area contributed by atoms with Gasteiger partial charge in [0.05, 0.1) is 17.0 Å². The van der Waals surface area contributed by atoms with E-state index in [1.807, 2.05) is 19.9 Å². The van der Waals surface area contributed by atoms with Crippen molar-refractivity contribution in [3.8, 4) is 6.07 Å². The van der Waals surface area contributed by atoms with Gasteiger partial charge in [-0.25, -0.2) is 4.98 Å². The van der Waals surface area contributed by atoms with Gasteiger partial charge in [-0.3, -0.25) is 4.79 Å². The van der Waals surface area contributed by atoms with Gasteiger partial charge in [0.2, 0.25) is 5.91 Å². The average molecular weight is 267 g/mol. The zero-order chi connectivity index (χ0) is 13.8. The summed E-state index contributed by atoms with van der Waals surface area (Å²) >= 11 is 5.79. The van der Waals surface area contributed by atoms with E-state index in [0.717, 1.165) is 0 Å². The fourth-order valence-corrected chi connectivity index (χ4v) is 1.59. The van der Waals surface area contributed by atoms with E-state index >= 15 is 0 Å². The van der Waals surface area contributed by atoms with Gasteiger partial charge in [0.15, 0.2) is 0 Å². The molecule has 96 valence electrons. The first-order valence-corrected chi connectivity index (χ1v) is 5.80. The van der Waals surface area contributed by atoms with Gasteiger partial charge >= 0.3 is 0 Å². The first kappa shape index (κ1) is 14.3. The van der Waals surface area contributed by atoms with E-state index in [4.69, 9.17) is 16.9 Å². The second-order valence-electron chi connectivity index (χ2n) is 4.49. The highest BCUT2D eigenvalue weighted by atomic mass is 35.5. The summed E-state index contributed by atoms with van der Waals surface area (Å²) in [6.45, 7) is 4.02. The maximum atomic E-state index is 11.6. The zero-order valence-electron chi connectivity index (χ0n) is 10.5. The van der Waals surface area contributed by atoms with Crippen LogP contribution in [0, 0.1) is 16.7 Å². The Kier molecular flexibility index (Phi) is 4.51. The van der Waals surface area contributed by atoms with Crippen molar-refractivity contribution in [3.63, 3.8) is 0 Å². The minimum atomic E-state index is -0.578. The fourth-order valence-electron chi connectivity index (χ4n) is 1.38. The van der Waals surface area contributed by atoms with Crippen molar-refractivity contribution in [2.75, 3.05) is 18.9 Å². The van der Waals surface area contributed by atoms with Crippen molar-refractivity contribution >= 4 is 23.3 Å². The van der Waals surface area contributed by atoms with E-state index in [1.165, 1.54) is 6.07 Å². The van der Waals surface area contributed by atoms with E-state index in [1.54, 1.807) is 13.1 Å². The van der Waals surface area contributed by atoms with Gasteiger partial charge in [0, 0.05) is 13.6 Å².